The van der Waals surface area contributed by atoms with Gasteiger partial charge in [-0.05, 0) is 18.6 Å². The zero-order chi connectivity index (χ0) is 30.8. The Hall–Kier alpha value is -2.33. The third-order valence-corrected chi connectivity index (χ3v) is 6.80. The van der Waals surface area contributed by atoms with Crippen molar-refractivity contribution in [3.8, 4) is 0 Å². The van der Waals surface area contributed by atoms with Crippen LogP contribution in [0.1, 0.15) is 130 Å². The molecule has 0 amide bonds. The van der Waals surface area contributed by atoms with Crippen molar-refractivity contribution in [2.75, 3.05) is 13.2 Å². The van der Waals surface area contributed by atoms with Gasteiger partial charge in [-0.3, -0.25) is 0 Å². The maximum atomic E-state index is 13.4. The summed E-state index contributed by atoms with van der Waals surface area (Å²) in [4.78, 5) is 24.5. The molecule has 0 aliphatic rings. The lowest BCUT2D eigenvalue weighted by Crippen LogP contribution is -2.54. The van der Waals surface area contributed by atoms with Gasteiger partial charge in [0.2, 0.25) is 0 Å². The van der Waals surface area contributed by atoms with E-state index in [9.17, 15) is 40.3 Å². The standard InChI is InChI=1S/C30H43F7O4/c1-2-3-4-5-6-7-8-9-10-11-12-13-14-15-16-19-22-40-26(38)24-20-17-18-21-25(24)27(39)41-23-28(31,32)29(33,34)30(35,36)37/h17-18,20-21H,2-16,19,22-23H2,1H3. The Kier molecular flexibility index (Phi) is 17.0. The summed E-state index contributed by atoms with van der Waals surface area (Å²) in [5.41, 5.74) is -0.963. The van der Waals surface area contributed by atoms with Gasteiger partial charge < -0.3 is 9.47 Å². The predicted octanol–water partition coefficient (Wildman–Crippen LogP) is 10.1. The van der Waals surface area contributed by atoms with Crippen LogP contribution in [0.25, 0.3) is 0 Å². The lowest BCUT2D eigenvalue weighted by molar-refractivity contribution is -0.359. The topological polar surface area (TPSA) is 52.6 Å². The Labute approximate surface area is 238 Å². The number of halogens is 7. The monoisotopic (exact) mass is 600 g/mol. The van der Waals surface area contributed by atoms with Crippen LogP contribution >= 0.6 is 0 Å². The highest BCUT2D eigenvalue weighted by molar-refractivity contribution is 6.03. The van der Waals surface area contributed by atoms with Crippen molar-refractivity contribution < 1.29 is 49.8 Å². The highest BCUT2D eigenvalue weighted by Gasteiger charge is 2.73. The molecule has 0 saturated heterocycles. The van der Waals surface area contributed by atoms with Crippen molar-refractivity contribution in [1.29, 1.82) is 0 Å². The van der Waals surface area contributed by atoms with Crippen LogP contribution in [0, 0.1) is 0 Å². The predicted molar refractivity (Wildman–Crippen MR) is 143 cm³/mol. The number of hydrogen-bond acceptors (Lipinski definition) is 4. The quantitative estimate of drug-likeness (QED) is 0.0755. The van der Waals surface area contributed by atoms with Crippen LogP contribution in [0.4, 0.5) is 30.7 Å². The fourth-order valence-corrected chi connectivity index (χ4v) is 4.26. The van der Waals surface area contributed by atoms with E-state index in [1.807, 2.05) is 0 Å². The molecule has 0 saturated carbocycles. The van der Waals surface area contributed by atoms with Crippen molar-refractivity contribution in [1.82, 2.24) is 0 Å². The first-order chi connectivity index (χ1) is 19.3. The molecule has 0 spiro atoms. The maximum Gasteiger partial charge on any atom is 0.460 e. The van der Waals surface area contributed by atoms with Crippen molar-refractivity contribution in [2.24, 2.45) is 0 Å². The van der Waals surface area contributed by atoms with Gasteiger partial charge >= 0.3 is 30.0 Å². The number of unbranched alkanes of at least 4 members (excludes halogenated alkanes) is 15. The molecule has 0 unspecified atom stereocenters. The highest BCUT2D eigenvalue weighted by Crippen LogP contribution is 2.46. The molecule has 1 rings (SSSR count). The average Bonchev–Trinajstić information content (AvgIpc) is 2.92. The number of benzene rings is 1. The van der Waals surface area contributed by atoms with Gasteiger partial charge in [0.15, 0.2) is 6.61 Å². The Morgan fingerprint density at radius 2 is 0.951 bits per heavy atom. The summed E-state index contributed by atoms with van der Waals surface area (Å²) in [6.07, 6.45) is 12.3. The summed E-state index contributed by atoms with van der Waals surface area (Å²) in [6, 6.07) is 4.71. The average molecular weight is 601 g/mol. The summed E-state index contributed by atoms with van der Waals surface area (Å²) < 4.78 is 98.9. The molecule has 0 heterocycles. The number of carbonyl (C=O) groups excluding carboxylic acids is 2. The van der Waals surface area contributed by atoms with Gasteiger partial charge in [0.1, 0.15) is 0 Å². The molecular weight excluding hydrogens is 557 g/mol. The fraction of sp³-hybridized carbons (Fsp3) is 0.733. The van der Waals surface area contributed by atoms with E-state index in [-0.39, 0.29) is 12.2 Å². The zero-order valence-corrected chi connectivity index (χ0v) is 23.8. The molecule has 0 radical (unpaired) electrons. The number of rotatable bonds is 22. The van der Waals surface area contributed by atoms with E-state index in [1.54, 1.807) is 0 Å². The minimum atomic E-state index is -6.54. The van der Waals surface area contributed by atoms with E-state index in [4.69, 9.17) is 4.74 Å². The van der Waals surface area contributed by atoms with Crippen LogP contribution < -0.4 is 0 Å². The van der Waals surface area contributed by atoms with Crippen molar-refractivity contribution >= 4 is 11.9 Å². The van der Waals surface area contributed by atoms with E-state index in [1.165, 1.54) is 82.8 Å². The summed E-state index contributed by atoms with van der Waals surface area (Å²) in [5.74, 6) is -14.7. The van der Waals surface area contributed by atoms with Crippen LogP contribution in [-0.4, -0.2) is 43.2 Å². The summed E-state index contributed by atoms with van der Waals surface area (Å²) in [7, 11) is 0. The molecule has 4 nitrogen and oxygen atoms in total. The second-order valence-electron chi connectivity index (χ2n) is 10.3. The van der Waals surface area contributed by atoms with Crippen molar-refractivity contribution in [2.45, 2.75) is 128 Å². The number of hydrogen-bond donors (Lipinski definition) is 0. The number of esters is 2. The molecule has 0 bridgehead atoms. The third kappa shape index (κ3) is 13.5. The summed E-state index contributed by atoms with van der Waals surface area (Å²) in [6.45, 7) is -0.266. The minimum Gasteiger partial charge on any atom is -0.462 e. The van der Waals surface area contributed by atoms with E-state index >= 15 is 0 Å². The van der Waals surface area contributed by atoms with Crippen LogP contribution in [-0.2, 0) is 9.47 Å². The number of ether oxygens (including phenoxy) is 2. The zero-order valence-electron chi connectivity index (χ0n) is 23.8. The van der Waals surface area contributed by atoms with Crippen LogP contribution in [0.3, 0.4) is 0 Å². The normalized spacial score (nSPS) is 12.4. The second kappa shape index (κ2) is 19.0. The van der Waals surface area contributed by atoms with E-state index < -0.39 is 42.1 Å². The van der Waals surface area contributed by atoms with Gasteiger partial charge in [0, 0.05) is 0 Å². The molecule has 41 heavy (non-hydrogen) atoms. The van der Waals surface area contributed by atoms with E-state index in [0.29, 0.717) is 6.42 Å². The lowest BCUT2D eigenvalue weighted by atomic mass is 10.0. The SMILES string of the molecule is CCCCCCCCCCCCCCCCCCOC(=O)c1ccccc1C(=O)OCC(F)(F)C(F)(F)C(F)(F)F. The molecule has 0 aliphatic heterocycles. The van der Waals surface area contributed by atoms with Gasteiger partial charge in [-0.1, -0.05) is 115 Å². The van der Waals surface area contributed by atoms with E-state index in [2.05, 4.69) is 11.7 Å². The van der Waals surface area contributed by atoms with Gasteiger partial charge in [-0.15, -0.1) is 0 Å². The van der Waals surface area contributed by atoms with Crippen LogP contribution in [0.2, 0.25) is 0 Å². The molecular formula is C30H43F7O4. The molecule has 0 aliphatic carbocycles. The van der Waals surface area contributed by atoms with Crippen LogP contribution in [0.15, 0.2) is 24.3 Å². The number of alkyl halides is 7. The molecule has 236 valence electrons. The van der Waals surface area contributed by atoms with Gasteiger partial charge in [-0.25, -0.2) is 9.59 Å². The van der Waals surface area contributed by atoms with Crippen molar-refractivity contribution in [3.63, 3.8) is 0 Å². The lowest BCUT2D eigenvalue weighted by Gasteiger charge is -2.27. The first-order valence-corrected chi connectivity index (χ1v) is 14.6. The largest absolute Gasteiger partial charge is 0.462 e. The molecule has 0 fully saturated rings. The van der Waals surface area contributed by atoms with E-state index in [0.717, 1.165) is 37.8 Å². The first kappa shape index (κ1) is 36.7. The minimum absolute atomic E-state index is 0.0382. The molecule has 1 aromatic carbocycles. The third-order valence-electron chi connectivity index (χ3n) is 6.80. The van der Waals surface area contributed by atoms with Gasteiger partial charge in [-0.2, -0.15) is 30.7 Å². The molecule has 0 atom stereocenters. The Morgan fingerprint density at radius 1 is 0.585 bits per heavy atom. The summed E-state index contributed by atoms with van der Waals surface area (Å²) in [5, 5.41) is 0. The Morgan fingerprint density at radius 3 is 1.34 bits per heavy atom. The highest BCUT2D eigenvalue weighted by atomic mass is 19.4. The van der Waals surface area contributed by atoms with Gasteiger partial charge in [0.25, 0.3) is 0 Å². The molecule has 1 aromatic rings. The van der Waals surface area contributed by atoms with Crippen molar-refractivity contribution in [3.05, 3.63) is 35.4 Å². The first-order valence-electron chi connectivity index (χ1n) is 14.6. The maximum absolute atomic E-state index is 13.4. The second-order valence-corrected chi connectivity index (χ2v) is 10.3. The van der Waals surface area contributed by atoms with Crippen LogP contribution in [0.5, 0.6) is 0 Å². The number of carbonyl (C=O) groups is 2. The molecule has 0 aromatic heterocycles. The Bertz CT molecular complexity index is 888. The Balaban J connectivity index is 2.26. The smallest absolute Gasteiger partial charge is 0.460 e. The van der Waals surface area contributed by atoms with Gasteiger partial charge in [0.05, 0.1) is 17.7 Å². The summed E-state index contributed by atoms with van der Waals surface area (Å²) >= 11 is 0. The fourth-order valence-electron chi connectivity index (χ4n) is 4.26. The molecule has 0 N–H and O–H groups in total. The molecule has 11 heteroatoms.